The van der Waals surface area contributed by atoms with Gasteiger partial charge in [-0.1, -0.05) is 18.2 Å². The van der Waals surface area contributed by atoms with Crippen LogP contribution in [0, 0.1) is 0 Å². The van der Waals surface area contributed by atoms with Crippen molar-refractivity contribution in [2.75, 3.05) is 18.1 Å². The third-order valence-electron chi connectivity index (χ3n) is 4.09. The first-order chi connectivity index (χ1) is 12.1. The number of carbonyl (C=O) groups is 2. The number of para-hydroxylation sites is 1. The topological polar surface area (TPSA) is 97.1 Å². The van der Waals surface area contributed by atoms with Gasteiger partial charge in [-0.15, -0.1) is 0 Å². The third kappa shape index (κ3) is 3.68. The zero-order valence-corrected chi connectivity index (χ0v) is 14.0. The van der Waals surface area contributed by atoms with Gasteiger partial charge in [-0.3, -0.25) is 9.59 Å². The number of hydrogen-bond donors (Lipinski definition) is 3. The van der Waals surface area contributed by atoms with E-state index in [1.165, 1.54) is 0 Å². The molecule has 1 aromatic heterocycles. The number of amides is 2. The number of nitrogens with zero attached hydrogens (tertiary/aromatic N) is 1. The van der Waals surface area contributed by atoms with Gasteiger partial charge < -0.3 is 16.4 Å². The molecule has 6 nitrogen and oxygen atoms in total. The fourth-order valence-electron chi connectivity index (χ4n) is 2.76. The SMILES string of the molecule is CNC(=O)CCCC(=O)Nc1ccc2nc3ccccc3c(N)c2c1. The first-order valence-electron chi connectivity index (χ1n) is 8.17. The summed E-state index contributed by atoms with van der Waals surface area (Å²) in [6, 6.07) is 13.2. The number of nitrogens with two attached hydrogens (primary N) is 1. The molecule has 3 aromatic rings. The van der Waals surface area contributed by atoms with E-state index in [-0.39, 0.29) is 18.2 Å². The summed E-state index contributed by atoms with van der Waals surface area (Å²) in [6.07, 6.45) is 1.13. The maximum atomic E-state index is 12.0. The van der Waals surface area contributed by atoms with Crippen LogP contribution in [0.4, 0.5) is 11.4 Å². The molecule has 0 unspecified atom stereocenters. The van der Waals surface area contributed by atoms with Gasteiger partial charge in [0.15, 0.2) is 0 Å². The van der Waals surface area contributed by atoms with Crippen molar-refractivity contribution in [2.45, 2.75) is 19.3 Å². The molecule has 0 saturated heterocycles. The Morgan fingerprint density at radius 2 is 1.72 bits per heavy atom. The van der Waals surface area contributed by atoms with E-state index in [0.29, 0.717) is 24.2 Å². The summed E-state index contributed by atoms with van der Waals surface area (Å²) in [4.78, 5) is 27.8. The number of benzene rings is 2. The van der Waals surface area contributed by atoms with E-state index < -0.39 is 0 Å². The third-order valence-corrected chi connectivity index (χ3v) is 4.09. The molecule has 4 N–H and O–H groups in total. The van der Waals surface area contributed by atoms with Gasteiger partial charge in [0.25, 0.3) is 0 Å². The molecule has 2 aromatic carbocycles. The molecule has 6 heteroatoms. The van der Waals surface area contributed by atoms with Crippen LogP contribution in [0.2, 0.25) is 0 Å². The van der Waals surface area contributed by atoms with E-state index in [0.717, 1.165) is 21.8 Å². The standard InChI is InChI=1S/C19H20N4O2/c1-21-17(24)7-4-8-18(25)22-12-9-10-16-14(11-12)19(20)13-5-2-3-6-15(13)23-16/h2-3,5-6,9-11H,4,7-8H2,1H3,(H2,20,23)(H,21,24)(H,22,25). The Kier molecular flexibility index (Phi) is 4.79. The predicted molar refractivity (Wildman–Crippen MR) is 100 cm³/mol. The minimum atomic E-state index is -0.129. The number of hydrogen-bond acceptors (Lipinski definition) is 4. The average Bonchev–Trinajstić information content (AvgIpc) is 2.62. The summed E-state index contributed by atoms with van der Waals surface area (Å²) in [6.45, 7) is 0. The van der Waals surface area contributed by atoms with Crippen molar-refractivity contribution >= 4 is 45.0 Å². The van der Waals surface area contributed by atoms with Crippen LogP contribution < -0.4 is 16.4 Å². The van der Waals surface area contributed by atoms with E-state index in [1.807, 2.05) is 36.4 Å². The van der Waals surface area contributed by atoms with Gasteiger partial charge in [0.1, 0.15) is 0 Å². The molecule has 0 aliphatic heterocycles. The van der Waals surface area contributed by atoms with Crippen molar-refractivity contribution in [1.29, 1.82) is 0 Å². The van der Waals surface area contributed by atoms with E-state index in [1.54, 1.807) is 13.1 Å². The molecule has 25 heavy (non-hydrogen) atoms. The Labute approximate surface area is 145 Å². The van der Waals surface area contributed by atoms with Crippen molar-refractivity contribution in [3.63, 3.8) is 0 Å². The highest BCUT2D eigenvalue weighted by Crippen LogP contribution is 2.29. The molecule has 0 radical (unpaired) electrons. The minimum Gasteiger partial charge on any atom is -0.398 e. The highest BCUT2D eigenvalue weighted by molar-refractivity contribution is 6.07. The molecule has 2 amide bonds. The molecule has 0 aliphatic rings. The lowest BCUT2D eigenvalue weighted by atomic mass is 10.1. The molecule has 0 bridgehead atoms. The normalized spacial score (nSPS) is 10.8. The van der Waals surface area contributed by atoms with Crippen molar-refractivity contribution in [3.05, 3.63) is 42.5 Å². The fourth-order valence-corrected chi connectivity index (χ4v) is 2.76. The Balaban J connectivity index is 1.79. The quantitative estimate of drug-likeness (QED) is 0.624. The number of nitrogen functional groups attached to an aromatic ring is 1. The largest absolute Gasteiger partial charge is 0.398 e. The van der Waals surface area contributed by atoms with Crippen molar-refractivity contribution in [1.82, 2.24) is 10.3 Å². The van der Waals surface area contributed by atoms with E-state index in [2.05, 4.69) is 15.6 Å². The van der Waals surface area contributed by atoms with E-state index in [9.17, 15) is 9.59 Å². The number of anilines is 2. The van der Waals surface area contributed by atoms with Gasteiger partial charge in [0, 0.05) is 36.3 Å². The molecule has 128 valence electrons. The Bertz CT molecular complexity index is 953. The molecular weight excluding hydrogens is 316 g/mol. The van der Waals surface area contributed by atoms with Gasteiger partial charge in [0.05, 0.1) is 16.7 Å². The summed E-state index contributed by atoms with van der Waals surface area (Å²) in [5.74, 6) is -0.195. The Morgan fingerprint density at radius 1 is 1.00 bits per heavy atom. The van der Waals surface area contributed by atoms with Crippen LogP contribution in [0.5, 0.6) is 0 Å². The molecular formula is C19H20N4O2. The smallest absolute Gasteiger partial charge is 0.224 e. The first kappa shape index (κ1) is 16.7. The van der Waals surface area contributed by atoms with E-state index >= 15 is 0 Å². The number of carbonyl (C=O) groups excluding carboxylic acids is 2. The van der Waals surface area contributed by atoms with Gasteiger partial charge in [-0.25, -0.2) is 4.98 Å². The van der Waals surface area contributed by atoms with Crippen molar-refractivity contribution < 1.29 is 9.59 Å². The lowest BCUT2D eigenvalue weighted by molar-refractivity contribution is -0.120. The van der Waals surface area contributed by atoms with Crippen LogP contribution in [0.3, 0.4) is 0 Å². The highest BCUT2D eigenvalue weighted by Gasteiger charge is 2.09. The molecule has 0 saturated carbocycles. The second-order valence-corrected chi connectivity index (χ2v) is 5.85. The maximum Gasteiger partial charge on any atom is 0.224 e. The number of pyridine rings is 1. The fraction of sp³-hybridized carbons (Fsp3) is 0.211. The van der Waals surface area contributed by atoms with Gasteiger partial charge in [-0.2, -0.15) is 0 Å². The average molecular weight is 336 g/mol. The summed E-state index contributed by atoms with van der Waals surface area (Å²) in [5, 5.41) is 7.08. The summed E-state index contributed by atoms with van der Waals surface area (Å²) in [5.41, 5.74) is 9.23. The lowest BCUT2D eigenvalue weighted by Crippen LogP contribution is -2.18. The molecule has 0 fully saturated rings. The zero-order valence-electron chi connectivity index (χ0n) is 14.0. The molecule has 3 rings (SSSR count). The summed E-state index contributed by atoms with van der Waals surface area (Å²) in [7, 11) is 1.58. The molecule has 0 aliphatic carbocycles. The Morgan fingerprint density at radius 3 is 2.52 bits per heavy atom. The van der Waals surface area contributed by atoms with Gasteiger partial charge in [-0.05, 0) is 30.7 Å². The van der Waals surface area contributed by atoms with Crippen LogP contribution in [0.15, 0.2) is 42.5 Å². The number of rotatable bonds is 5. The molecule has 1 heterocycles. The van der Waals surface area contributed by atoms with Crippen LogP contribution >= 0.6 is 0 Å². The van der Waals surface area contributed by atoms with E-state index in [4.69, 9.17) is 5.73 Å². The van der Waals surface area contributed by atoms with Crippen LogP contribution in [0.25, 0.3) is 21.8 Å². The highest BCUT2D eigenvalue weighted by atomic mass is 16.2. The second-order valence-electron chi connectivity index (χ2n) is 5.85. The van der Waals surface area contributed by atoms with Crippen LogP contribution in [0.1, 0.15) is 19.3 Å². The Hall–Kier alpha value is -3.15. The number of fused-ring (bicyclic) bond motifs is 2. The van der Waals surface area contributed by atoms with Gasteiger partial charge in [0.2, 0.25) is 11.8 Å². The summed E-state index contributed by atoms with van der Waals surface area (Å²) < 4.78 is 0. The second kappa shape index (κ2) is 7.17. The van der Waals surface area contributed by atoms with Crippen LogP contribution in [-0.2, 0) is 9.59 Å². The first-order valence-corrected chi connectivity index (χ1v) is 8.17. The van der Waals surface area contributed by atoms with Crippen molar-refractivity contribution in [3.8, 4) is 0 Å². The molecule has 0 spiro atoms. The molecule has 0 atom stereocenters. The predicted octanol–water partition coefficient (Wildman–Crippen LogP) is 2.83. The number of nitrogens with one attached hydrogen (secondary N) is 2. The number of aromatic nitrogens is 1. The van der Waals surface area contributed by atoms with Crippen molar-refractivity contribution in [2.24, 2.45) is 0 Å². The zero-order chi connectivity index (χ0) is 17.8. The summed E-state index contributed by atoms with van der Waals surface area (Å²) >= 11 is 0. The van der Waals surface area contributed by atoms with Crippen LogP contribution in [-0.4, -0.2) is 23.8 Å². The lowest BCUT2D eigenvalue weighted by Gasteiger charge is -2.10. The monoisotopic (exact) mass is 336 g/mol. The minimum absolute atomic E-state index is 0.0655. The van der Waals surface area contributed by atoms with Gasteiger partial charge >= 0.3 is 0 Å². The maximum absolute atomic E-state index is 12.0.